The molecule has 0 radical (unpaired) electrons. The summed E-state index contributed by atoms with van der Waals surface area (Å²) in [5.41, 5.74) is 11.8. The Morgan fingerprint density at radius 3 is 1.41 bits per heavy atom. The smallest absolute Gasteiger partial charge is 0.333 e. The van der Waals surface area contributed by atoms with Crippen molar-refractivity contribution < 1.29 is 41.4 Å². The van der Waals surface area contributed by atoms with Crippen molar-refractivity contribution in [2.75, 3.05) is 34.8 Å². The first kappa shape index (κ1) is 54.4. The number of fused-ring (bicyclic) bond motifs is 10. The zero-order valence-corrected chi connectivity index (χ0v) is 42.1. The Kier molecular flexibility index (Phi) is 16.4. The number of aliphatic carboxylic acids is 1. The second-order valence-corrected chi connectivity index (χ2v) is 23.1. The van der Waals surface area contributed by atoms with Gasteiger partial charge in [-0.3, -0.25) is 9.59 Å². The standard InChI is InChI=1S/C27H29N3O5S.C27H31N3O4S.2CH4/c1-29(2)36(34,35)28-26(31)19-12-13-22-23(15-19)30-16-20(27(32)33)14-18-10-6-7-11-21(18)25(30)24(22)17-8-4-3-5-9-17;1-29(2)35(33,34)28-27(32)21-12-13-23-24(15-21)30-16-18(17-31)14-20-10-6-7-11-22(20)26(30)25(23)19-8-4-3-5-9-19;;/h6-7,10-15,17H,3-5,8-9,16H2,1-2H3,(H,28,31)(H,32,33);6-7,10-15,19,31H,3-5,8-9,16-17H2,1-2H3,(H,28,32);2*1H4. The number of carboxylic acids is 1. The minimum absolute atomic E-state index is 0. The van der Waals surface area contributed by atoms with E-state index in [1.807, 2.05) is 53.1 Å². The van der Waals surface area contributed by atoms with Gasteiger partial charge in [0.1, 0.15) is 0 Å². The quantitative estimate of drug-likeness (QED) is 0.103. The molecule has 2 fully saturated rings. The Balaban J connectivity index is 0.000000208. The van der Waals surface area contributed by atoms with Crippen molar-refractivity contribution in [2.24, 2.45) is 0 Å². The van der Waals surface area contributed by atoms with Gasteiger partial charge in [0.25, 0.3) is 11.8 Å². The fraction of sp³-hybridized carbons (Fsp3) is 0.375. The van der Waals surface area contributed by atoms with E-state index in [2.05, 4.69) is 32.2 Å². The highest BCUT2D eigenvalue weighted by Crippen LogP contribution is 2.48. The lowest BCUT2D eigenvalue weighted by Crippen LogP contribution is -2.39. The van der Waals surface area contributed by atoms with Crippen molar-refractivity contribution in [3.8, 4) is 22.5 Å². The normalized spacial score (nSPS) is 15.9. The maximum Gasteiger partial charge on any atom is 0.333 e. The molecule has 2 amide bonds. The van der Waals surface area contributed by atoms with Gasteiger partial charge in [0, 0.05) is 78.8 Å². The van der Waals surface area contributed by atoms with Gasteiger partial charge < -0.3 is 19.3 Å². The predicted molar refractivity (Wildman–Crippen MR) is 291 cm³/mol. The van der Waals surface area contributed by atoms with Gasteiger partial charge in [0.05, 0.1) is 30.1 Å². The number of hydrogen-bond donors (Lipinski definition) is 4. The minimum atomic E-state index is -3.95. The molecule has 388 valence electrons. The number of aliphatic hydroxyl groups is 1. The summed E-state index contributed by atoms with van der Waals surface area (Å²) in [6.07, 6.45) is 15.3. The molecule has 2 saturated carbocycles. The van der Waals surface area contributed by atoms with Crippen LogP contribution >= 0.6 is 0 Å². The Hall–Kier alpha value is -6.37. The zero-order valence-electron chi connectivity index (χ0n) is 40.4. The van der Waals surface area contributed by atoms with Gasteiger partial charge in [0.2, 0.25) is 0 Å². The van der Waals surface area contributed by atoms with Crippen molar-refractivity contribution in [1.29, 1.82) is 0 Å². The van der Waals surface area contributed by atoms with E-state index < -0.39 is 38.2 Å². The van der Waals surface area contributed by atoms with E-state index in [1.54, 1.807) is 30.3 Å². The molecule has 0 saturated heterocycles. The number of hydrogen-bond acceptors (Lipinski definition) is 8. The molecule has 73 heavy (non-hydrogen) atoms. The van der Waals surface area contributed by atoms with E-state index in [0.29, 0.717) is 18.4 Å². The van der Waals surface area contributed by atoms with Gasteiger partial charge in [-0.05, 0) is 95.7 Å². The summed E-state index contributed by atoms with van der Waals surface area (Å²) in [6, 6.07) is 26.7. The molecule has 0 bridgehead atoms. The van der Waals surface area contributed by atoms with Gasteiger partial charge in [-0.15, -0.1) is 0 Å². The average molecular weight is 1030 g/mol. The van der Waals surface area contributed by atoms with Crippen LogP contribution in [0.2, 0.25) is 0 Å². The number of benzene rings is 4. The number of nitrogens with one attached hydrogen (secondary N) is 2. The summed E-state index contributed by atoms with van der Waals surface area (Å²) in [7, 11) is -2.41. The third-order valence-corrected chi connectivity index (χ3v) is 17.3. The second-order valence-electron chi connectivity index (χ2n) is 19.4. The topological polar surface area (TPSA) is 200 Å². The summed E-state index contributed by atoms with van der Waals surface area (Å²) >= 11 is 0. The molecule has 2 aliphatic heterocycles. The van der Waals surface area contributed by atoms with Gasteiger partial charge in [-0.25, -0.2) is 14.2 Å². The van der Waals surface area contributed by atoms with E-state index in [4.69, 9.17) is 0 Å². The minimum Gasteiger partial charge on any atom is -0.478 e. The summed E-state index contributed by atoms with van der Waals surface area (Å²) in [4.78, 5) is 37.9. The number of carbonyl (C=O) groups excluding carboxylic acids is 2. The van der Waals surface area contributed by atoms with Crippen molar-refractivity contribution in [3.05, 3.63) is 129 Å². The Morgan fingerprint density at radius 1 is 0.589 bits per heavy atom. The number of amides is 2. The molecular weight excluding hydrogens is 965 g/mol. The third-order valence-electron chi connectivity index (χ3n) is 14.5. The molecular formula is C56H68N6O9S2. The Labute approximate surface area is 429 Å². The van der Waals surface area contributed by atoms with Crippen LogP contribution < -0.4 is 9.44 Å². The first-order chi connectivity index (χ1) is 34.0. The summed E-state index contributed by atoms with van der Waals surface area (Å²) in [5, 5.41) is 22.1. The lowest BCUT2D eigenvalue weighted by molar-refractivity contribution is -0.132. The fourth-order valence-electron chi connectivity index (χ4n) is 10.9. The van der Waals surface area contributed by atoms with Crippen LogP contribution in [0, 0.1) is 0 Å². The Morgan fingerprint density at radius 2 is 1.00 bits per heavy atom. The molecule has 2 aliphatic carbocycles. The van der Waals surface area contributed by atoms with Crippen LogP contribution in [0.15, 0.2) is 96.1 Å². The first-order valence-corrected chi connectivity index (χ1v) is 27.1. The highest BCUT2D eigenvalue weighted by Gasteiger charge is 2.32. The predicted octanol–water partition coefficient (Wildman–Crippen LogP) is 9.93. The monoisotopic (exact) mass is 1030 g/mol. The molecule has 4 N–H and O–H groups in total. The molecule has 4 aromatic carbocycles. The van der Waals surface area contributed by atoms with Crippen molar-refractivity contribution in [3.63, 3.8) is 0 Å². The number of carbonyl (C=O) groups is 3. The van der Waals surface area contributed by atoms with E-state index in [-0.39, 0.29) is 44.7 Å². The molecule has 15 nitrogen and oxygen atoms in total. The molecule has 4 heterocycles. The molecule has 6 aromatic rings. The molecule has 17 heteroatoms. The maximum atomic E-state index is 12.9. The number of rotatable bonds is 10. The van der Waals surface area contributed by atoms with E-state index >= 15 is 0 Å². The molecule has 0 spiro atoms. The van der Waals surface area contributed by atoms with Crippen LogP contribution in [0.5, 0.6) is 0 Å². The van der Waals surface area contributed by atoms with Crippen molar-refractivity contribution in [1.82, 2.24) is 27.2 Å². The lowest BCUT2D eigenvalue weighted by atomic mass is 9.81. The van der Waals surface area contributed by atoms with Crippen molar-refractivity contribution >= 4 is 72.2 Å². The molecule has 10 rings (SSSR count). The number of aliphatic hydroxyl groups excluding tert-OH is 1. The SMILES string of the molecule is C.C.CN(C)S(=O)(=O)NC(=O)c1ccc2c(C3CCCCC3)c3n(c2c1)CC(C(=O)O)=Cc1ccccc1-3.CN(C)S(=O)(=O)NC(=O)c1ccc2c(C3CCCCC3)c3n(c2c1)CC(CO)=Cc1ccccc1-3. The van der Waals surface area contributed by atoms with Crippen LogP contribution in [0.1, 0.15) is 134 Å². The molecule has 2 aromatic heterocycles. The van der Waals surface area contributed by atoms with E-state index in [1.165, 1.54) is 65.0 Å². The van der Waals surface area contributed by atoms with Gasteiger partial charge in [-0.1, -0.05) is 120 Å². The Bertz CT molecular complexity index is 3390. The van der Waals surface area contributed by atoms with Gasteiger partial charge >= 0.3 is 26.4 Å². The van der Waals surface area contributed by atoms with Gasteiger partial charge in [0.15, 0.2) is 0 Å². The summed E-state index contributed by atoms with van der Waals surface area (Å²) in [6.45, 7) is 0.585. The summed E-state index contributed by atoms with van der Waals surface area (Å²) < 4.78 is 59.3. The van der Waals surface area contributed by atoms with Crippen LogP contribution in [-0.2, 0) is 38.3 Å². The van der Waals surface area contributed by atoms with Crippen LogP contribution in [0.3, 0.4) is 0 Å². The first-order valence-electron chi connectivity index (χ1n) is 24.2. The third kappa shape index (κ3) is 10.7. The average Bonchev–Trinajstić information content (AvgIpc) is 3.70. The highest BCUT2D eigenvalue weighted by atomic mass is 32.2. The number of nitrogens with zero attached hydrogens (tertiary/aromatic N) is 4. The lowest BCUT2D eigenvalue weighted by Gasteiger charge is -2.24. The zero-order chi connectivity index (χ0) is 50.4. The number of aromatic nitrogens is 2. The van der Waals surface area contributed by atoms with E-state index in [0.717, 1.165) is 108 Å². The largest absolute Gasteiger partial charge is 0.478 e. The number of carboxylic acid groups (broad SMARTS) is 1. The summed E-state index contributed by atoms with van der Waals surface area (Å²) in [5.74, 6) is -1.65. The maximum absolute atomic E-state index is 12.9. The van der Waals surface area contributed by atoms with Crippen molar-refractivity contribution in [2.45, 2.75) is 104 Å². The van der Waals surface area contributed by atoms with Crippen LogP contribution in [0.25, 0.3) is 56.5 Å². The van der Waals surface area contributed by atoms with Crippen LogP contribution in [-0.4, -0.2) is 97.4 Å². The molecule has 4 aliphatic rings. The van der Waals surface area contributed by atoms with E-state index in [9.17, 15) is 41.4 Å². The fourth-order valence-corrected chi connectivity index (χ4v) is 11.9. The van der Waals surface area contributed by atoms with Crippen LogP contribution in [0.4, 0.5) is 0 Å². The highest BCUT2D eigenvalue weighted by molar-refractivity contribution is 7.88. The molecule has 0 unspecified atom stereocenters. The van der Waals surface area contributed by atoms with Gasteiger partial charge in [-0.2, -0.15) is 25.4 Å². The second kappa shape index (κ2) is 22.0. The molecule has 0 atom stereocenters.